The number of benzene rings is 1. The monoisotopic (exact) mass is 283 g/mol. The SMILES string of the molecule is CN1/C(=C\C=N\N2CCCCC2)C(C)(C)c2ccccc21. The van der Waals surface area contributed by atoms with Crippen LogP contribution in [0.2, 0.25) is 0 Å². The number of rotatable bonds is 2. The van der Waals surface area contributed by atoms with Crippen LogP contribution in [0.15, 0.2) is 41.1 Å². The van der Waals surface area contributed by atoms with E-state index in [2.05, 4.69) is 66.2 Å². The Morgan fingerprint density at radius 1 is 1.10 bits per heavy atom. The molecule has 0 saturated carbocycles. The van der Waals surface area contributed by atoms with Crippen LogP contribution in [-0.4, -0.2) is 31.4 Å². The highest BCUT2D eigenvalue weighted by Gasteiger charge is 2.37. The van der Waals surface area contributed by atoms with Gasteiger partial charge in [-0.15, -0.1) is 0 Å². The lowest BCUT2D eigenvalue weighted by Crippen LogP contribution is -2.25. The molecule has 3 heteroatoms. The van der Waals surface area contributed by atoms with Gasteiger partial charge in [-0.2, -0.15) is 5.10 Å². The molecule has 0 bridgehead atoms. The van der Waals surface area contributed by atoms with Crippen molar-refractivity contribution in [3.05, 3.63) is 41.6 Å². The molecule has 0 atom stereocenters. The molecule has 1 fully saturated rings. The number of hydrogen-bond donors (Lipinski definition) is 0. The number of nitrogens with zero attached hydrogens (tertiary/aromatic N) is 3. The number of piperidine rings is 1. The molecular weight excluding hydrogens is 258 g/mol. The van der Waals surface area contributed by atoms with E-state index >= 15 is 0 Å². The summed E-state index contributed by atoms with van der Waals surface area (Å²) in [6.07, 6.45) is 8.03. The first kappa shape index (κ1) is 14.2. The van der Waals surface area contributed by atoms with Gasteiger partial charge in [0.2, 0.25) is 0 Å². The van der Waals surface area contributed by atoms with Gasteiger partial charge in [0.15, 0.2) is 0 Å². The number of para-hydroxylation sites is 1. The first-order valence-electron chi connectivity index (χ1n) is 7.93. The molecule has 1 saturated heterocycles. The van der Waals surface area contributed by atoms with Crippen LogP contribution < -0.4 is 4.90 Å². The van der Waals surface area contributed by atoms with Gasteiger partial charge in [0.25, 0.3) is 0 Å². The predicted molar refractivity (Wildman–Crippen MR) is 89.9 cm³/mol. The lowest BCUT2D eigenvalue weighted by molar-refractivity contribution is 0.240. The Hall–Kier alpha value is -1.77. The summed E-state index contributed by atoms with van der Waals surface area (Å²) in [6, 6.07) is 8.66. The summed E-state index contributed by atoms with van der Waals surface area (Å²) in [5, 5.41) is 6.80. The lowest BCUT2D eigenvalue weighted by Gasteiger charge is -2.25. The van der Waals surface area contributed by atoms with Crippen molar-refractivity contribution in [3.8, 4) is 0 Å². The van der Waals surface area contributed by atoms with Gasteiger partial charge in [0.1, 0.15) is 0 Å². The van der Waals surface area contributed by atoms with Crippen molar-refractivity contribution in [3.63, 3.8) is 0 Å². The zero-order valence-electron chi connectivity index (χ0n) is 13.3. The topological polar surface area (TPSA) is 18.8 Å². The Morgan fingerprint density at radius 2 is 1.81 bits per heavy atom. The zero-order chi connectivity index (χ0) is 14.9. The van der Waals surface area contributed by atoms with E-state index in [0.29, 0.717) is 0 Å². The minimum atomic E-state index is 0.0409. The molecule has 3 nitrogen and oxygen atoms in total. The van der Waals surface area contributed by atoms with Gasteiger partial charge in [-0.1, -0.05) is 32.0 Å². The molecule has 2 heterocycles. The molecule has 3 rings (SSSR count). The first-order valence-corrected chi connectivity index (χ1v) is 7.93. The van der Waals surface area contributed by atoms with E-state index in [1.807, 2.05) is 6.21 Å². The van der Waals surface area contributed by atoms with Crippen molar-refractivity contribution in [1.82, 2.24) is 5.01 Å². The van der Waals surface area contributed by atoms with E-state index in [0.717, 1.165) is 13.1 Å². The molecule has 2 aliphatic rings. The number of anilines is 1. The minimum Gasteiger partial charge on any atom is -0.347 e. The highest BCUT2D eigenvalue weighted by molar-refractivity contribution is 5.79. The van der Waals surface area contributed by atoms with E-state index in [-0.39, 0.29) is 5.41 Å². The van der Waals surface area contributed by atoms with Gasteiger partial charge in [-0.3, -0.25) is 5.01 Å². The summed E-state index contributed by atoms with van der Waals surface area (Å²) < 4.78 is 0. The Balaban J connectivity index is 1.82. The maximum atomic E-state index is 4.61. The molecule has 0 spiro atoms. The first-order chi connectivity index (χ1) is 10.1. The lowest BCUT2D eigenvalue weighted by atomic mass is 9.84. The number of fused-ring (bicyclic) bond motifs is 1. The average Bonchev–Trinajstić information content (AvgIpc) is 2.70. The zero-order valence-corrected chi connectivity index (χ0v) is 13.3. The quantitative estimate of drug-likeness (QED) is 0.769. The number of hydrazone groups is 1. The molecule has 21 heavy (non-hydrogen) atoms. The third-order valence-corrected chi connectivity index (χ3v) is 4.74. The summed E-state index contributed by atoms with van der Waals surface area (Å²) >= 11 is 0. The molecular formula is C18H25N3. The summed E-state index contributed by atoms with van der Waals surface area (Å²) in [5.41, 5.74) is 4.05. The number of hydrogen-bond acceptors (Lipinski definition) is 3. The summed E-state index contributed by atoms with van der Waals surface area (Å²) in [7, 11) is 2.15. The van der Waals surface area contributed by atoms with Crippen molar-refractivity contribution in [2.45, 2.75) is 38.5 Å². The van der Waals surface area contributed by atoms with Crippen LogP contribution >= 0.6 is 0 Å². The van der Waals surface area contributed by atoms with Crippen LogP contribution in [0.3, 0.4) is 0 Å². The van der Waals surface area contributed by atoms with Gasteiger partial charge >= 0.3 is 0 Å². The molecule has 112 valence electrons. The van der Waals surface area contributed by atoms with Gasteiger partial charge < -0.3 is 4.90 Å². The van der Waals surface area contributed by atoms with Gasteiger partial charge in [0, 0.05) is 43.2 Å². The molecule has 0 unspecified atom stereocenters. The standard InChI is InChI=1S/C18H25N3/c1-18(2)15-9-5-6-10-16(15)20(3)17(18)11-12-19-21-13-7-4-8-14-21/h5-6,9-12H,4,7-8,13-14H2,1-3H3/b17-11-,19-12+. The molecule has 0 N–H and O–H groups in total. The highest BCUT2D eigenvalue weighted by Crippen LogP contribution is 2.46. The normalized spacial score (nSPS) is 23.1. The summed E-state index contributed by atoms with van der Waals surface area (Å²) in [5.74, 6) is 0. The summed E-state index contributed by atoms with van der Waals surface area (Å²) in [4.78, 5) is 2.29. The van der Waals surface area contributed by atoms with Crippen molar-refractivity contribution in [2.75, 3.05) is 25.0 Å². The summed E-state index contributed by atoms with van der Waals surface area (Å²) in [6.45, 7) is 6.77. The second-order valence-electron chi connectivity index (χ2n) is 6.53. The van der Waals surface area contributed by atoms with E-state index in [9.17, 15) is 0 Å². The van der Waals surface area contributed by atoms with Crippen LogP contribution in [0.25, 0.3) is 0 Å². The van der Waals surface area contributed by atoms with E-state index in [1.165, 1.54) is 36.2 Å². The van der Waals surface area contributed by atoms with Crippen molar-refractivity contribution >= 4 is 11.9 Å². The maximum absolute atomic E-state index is 4.61. The average molecular weight is 283 g/mol. The van der Waals surface area contributed by atoms with Gasteiger partial charge in [-0.25, -0.2) is 0 Å². The minimum absolute atomic E-state index is 0.0409. The second-order valence-corrected chi connectivity index (χ2v) is 6.53. The van der Waals surface area contributed by atoms with Gasteiger partial charge in [-0.05, 0) is 37.0 Å². The fraction of sp³-hybridized carbons (Fsp3) is 0.500. The highest BCUT2D eigenvalue weighted by atomic mass is 15.4. The fourth-order valence-corrected chi connectivity index (χ4v) is 3.49. The van der Waals surface area contributed by atoms with Crippen LogP contribution in [0, 0.1) is 0 Å². The fourth-order valence-electron chi connectivity index (χ4n) is 3.49. The smallest absolute Gasteiger partial charge is 0.0488 e. The van der Waals surface area contributed by atoms with Crippen LogP contribution in [0.5, 0.6) is 0 Å². The van der Waals surface area contributed by atoms with Crippen molar-refractivity contribution < 1.29 is 0 Å². The van der Waals surface area contributed by atoms with E-state index in [1.54, 1.807) is 0 Å². The Morgan fingerprint density at radius 3 is 2.52 bits per heavy atom. The molecule has 1 aromatic carbocycles. The van der Waals surface area contributed by atoms with Crippen molar-refractivity contribution in [2.24, 2.45) is 5.10 Å². The van der Waals surface area contributed by atoms with Crippen LogP contribution in [0.4, 0.5) is 5.69 Å². The molecule has 0 aliphatic carbocycles. The predicted octanol–water partition coefficient (Wildman–Crippen LogP) is 3.77. The molecule has 0 aromatic heterocycles. The molecule has 2 aliphatic heterocycles. The Bertz CT molecular complexity index is 566. The number of likely N-dealkylation sites (N-methyl/N-ethyl adjacent to an activating group) is 1. The Kier molecular flexibility index (Phi) is 3.75. The molecule has 0 radical (unpaired) electrons. The van der Waals surface area contributed by atoms with Crippen LogP contribution in [0.1, 0.15) is 38.7 Å². The van der Waals surface area contributed by atoms with Gasteiger partial charge in [0.05, 0.1) is 0 Å². The molecule has 0 amide bonds. The van der Waals surface area contributed by atoms with E-state index in [4.69, 9.17) is 0 Å². The Labute approximate surface area is 127 Å². The third-order valence-electron chi connectivity index (χ3n) is 4.74. The molecule has 1 aromatic rings. The number of allylic oxidation sites excluding steroid dienone is 2. The van der Waals surface area contributed by atoms with E-state index < -0.39 is 0 Å². The largest absolute Gasteiger partial charge is 0.347 e. The van der Waals surface area contributed by atoms with Crippen molar-refractivity contribution in [1.29, 1.82) is 0 Å². The van der Waals surface area contributed by atoms with Crippen LogP contribution in [-0.2, 0) is 5.41 Å². The maximum Gasteiger partial charge on any atom is 0.0488 e. The third kappa shape index (κ3) is 2.57. The second kappa shape index (κ2) is 5.55.